The van der Waals surface area contributed by atoms with Crippen LogP contribution >= 0.6 is 0 Å². The fraction of sp³-hybridized carbons (Fsp3) is 0.571. The second-order valence-electron chi connectivity index (χ2n) is 2.24. The molecule has 2 N–H and O–H groups in total. The number of hydrogen-bond acceptors (Lipinski definition) is 1. The topological polar surface area (TPSA) is 41.1 Å². The molecule has 0 heterocycles. The number of urea groups is 1. The van der Waals surface area contributed by atoms with Crippen LogP contribution in [0, 0.1) is 0 Å². The molecule has 0 fully saturated rings. The van der Waals surface area contributed by atoms with E-state index in [1.54, 1.807) is 19.1 Å². The van der Waals surface area contributed by atoms with Crippen LogP contribution in [0.15, 0.2) is 12.2 Å². The zero-order valence-electron chi connectivity index (χ0n) is 7.11. The Morgan fingerprint density at radius 3 is 2.54 bits per heavy atom. The van der Waals surface area contributed by atoms with Gasteiger partial charge in [-0.1, -0.05) is 12.2 Å². The van der Waals surface area contributed by atoms with Crippen molar-refractivity contribution in [2.75, 3.05) is 6.54 Å². The van der Waals surface area contributed by atoms with E-state index < -0.39 is 12.3 Å². The summed E-state index contributed by atoms with van der Waals surface area (Å²) in [5.41, 5.74) is 0. The van der Waals surface area contributed by atoms with Gasteiger partial charge in [-0.15, -0.1) is 0 Å². The third-order valence-electron chi connectivity index (χ3n) is 1.09. The van der Waals surface area contributed by atoms with Gasteiger partial charge in [0.25, 0.3) is 0 Å². The van der Waals surface area contributed by atoms with Crippen molar-refractivity contribution in [1.29, 1.82) is 0 Å². The average Bonchev–Trinajstić information content (AvgIpc) is 1.94. The molecule has 0 aromatic rings. The Kier molecular flexibility index (Phi) is 4.94. The lowest BCUT2D eigenvalue weighted by molar-refractivity contribution is -0.145. The maximum atomic E-state index is 11.5. The van der Waals surface area contributed by atoms with Gasteiger partial charge in [-0.25, -0.2) is 10.1 Å². The normalized spacial score (nSPS) is 11.7. The molecule has 0 spiro atoms. The predicted molar refractivity (Wildman–Crippen MR) is 42.0 cm³/mol. The van der Waals surface area contributed by atoms with Gasteiger partial charge in [-0.2, -0.15) is 13.2 Å². The van der Waals surface area contributed by atoms with Crippen molar-refractivity contribution in [1.82, 2.24) is 10.6 Å². The van der Waals surface area contributed by atoms with Crippen LogP contribution in [0.1, 0.15) is 13.3 Å². The average molecular weight is 196 g/mol. The van der Waals surface area contributed by atoms with Crippen molar-refractivity contribution in [3.05, 3.63) is 12.2 Å². The van der Waals surface area contributed by atoms with Gasteiger partial charge in [0.1, 0.15) is 0 Å². The minimum atomic E-state index is -4.66. The molecule has 0 saturated heterocycles. The van der Waals surface area contributed by atoms with Crippen molar-refractivity contribution < 1.29 is 18.0 Å². The summed E-state index contributed by atoms with van der Waals surface area (Å²) in [6.45, 7) is 1.97. The van der Waals surface area contributed by atoms with E-state index in [1.807, 2.05) is 0 Å². The lowest BCUT2D eigenvalue weighted by Crippen LogP contribution is -2.44. The van der Waals surface area contributed by atoms with Gasteiger partial charge in [0.2, 0.25) is 0 Å². The largest absolute Gasteiger partial charge is 0.485 e. The van der Waals surface area contributed by atoms with E-state index in [0.29, 0.717) is 6.42 Å². The number of carbonyl (C=O) groups is 1. The van der Waals surface area contributed by atoms with Gasteiger partial charge in [-0.3, -0.25) is 0 Å². The Hall–Kier alpha value is -1.20. The minimum absolute atomic E-state index is 0.187. The number of allylic oxidation sites excluding steroid dienone is 1. The molecular weight excluding hydrogens is 185 g/mol. The van der Waals surface area contributed by atoms with Crippen molar-refractivity contribution >= 4 is 6.03 Å². The van der Waals surface area contributed by atoms with Crippen LogP contribution in [0.25, 0.3) is 0 Å². The van der Waals surface area contributed by atoms with Crippen molar-refractivity contribution in [2.24, 2.45) is 0 Å². The molecular formula is C7H11F3N2O. The number of nitrogens with one attached hydrogen (secondary N) is 2. The molecule has 13 heavy (non-hydrogen) atoms. The highest BCUT2D eigenvalue weighted by molar-refractivity contribution is 5.74. The van der Waals surface area contributed by atoms with E-state index in [9.17, 15) is 18.0 Å². The summed E-state index contributed by atoms with van der Waals surface area (Å²) < 4.78 is 34.5. The third kappa shape index (κ3) is 8.71. The summed E-state index contributed by atoms with van der Waals surface area (Å²) in [6.07, 6.45) is -0.649. The molecule has 0 saturated carbocycles. The molecule has 0 unspecified atom stereocenters. The molecule has 76 valence electrons. The highest BCUT2D eigenvalue weighted by Gasteiger charge is 2.29. The molecule has 0 aliphatic heterocycles. The first-order valence-electron chi connectivity index (χ1n) is 3.69. The summed E-state index contributed by atoms with van der Waals surface area (Å²) in [4.78, 5) is 10.5. The van der Waals surface area contributed by atoms with E-state index in [-0.39, 0.29) is 6.54 Å². The van der Waals surface area contributed by atoms with Crippen molar-refractivity contribution in [2.45, 2.75) is 19.6 Å². The van der Waals surface area contributed by atoms with Crippen LogP contribution in [0.5, 0.6) is 0 Å². The van der Waals surface area contributed by atoms with Gasteiger partial charge < -0.3 is 5.32 Å². The summed E-state index contributed by atoms with van der Waals surface area (Å²) in [5, 5.41) is 2.87. The first-order valence-corrected chi connectivity index (χ1v) is 3.69. The van der Waals surface area contributed by atoms with E-state index in [4.69, 9.17) is 0 Å². The number of rotatable bonds is 3. The molecule has 0 aromatic heterocycles. The third-order valence-corrected chi connectivity index (χ3v) is 1.09. The van der Waals surface area contributed by atoms with Crippen molar-refractivity contribution in [3.8, 4) is 0 Å². The molecule has 0 radical (unpaired) electrons. The molecule has 6 heteroatoms. The quantitative estimate of drug-likeness (QED) is 0.403. The van der Waals surface area contributed by atoms with Crippen LogP contribution in [0.2, 0.25) is 0 Å². The summed E-state index contributed by atoms with van der Waals surface area (Å²) >= 11 is 0. The van der Waals surface area contributed by atoms with Crippen LogP contribution in [0.3, 0.4) is 0 Å². The number of halogens is 3. The van der Waals surface area contributed by atoms with E-state index in [2.05, 4.69) is 5.32 Å². The zero-order valence-corrected chi connectivity index (χ0v) is 7.11. The molecule has 0 aromatic carbocycles. The van der Waals surface area contributed by atoms with Gasteiger partial charge in [0, 0.05) is 6.54 Å². The Balaban J connectivity index is 3.52. The molecule has 2 amide bonds. The first-order chi connectivity index (χ1) is 5.95. The maximum absolute atomic E-state index is 11.5. The predicted octanol–water partition coefficient (Wildman–Crippen LogP) is 1.77. The van der Waals surface area contributed by atoms with E-state index >= 15 is 0 Å². The van der Waals surface area contributed by atoms with Crippen LogP contribution in [-0.2, 0) is 0 Å². The van der Waals surface area contributed by atoms with Gasteiger partial charge >= 0.3 is 12.3 Å². The van der Waals surface area contributed by atoms with Gasteiger partial charge in [-0.05, 0) is 13.3 Å². The fourth-order valence-electron chi connectivity index (χ4n) is 0.609. The number of carbonyl (C=O) groups excluding carboxylic acids is 1. The lowest BCUT2D eigenvalue weighted by atomic mass is 10.4. The van der Waals surface area contributed by atoms with E-state index in [0.717, 1.165) is 5.32 Å². The smallest absolute Gasteiger partial charge is 0.338 e. The summed E-state index contributed by atoms with van der Waals surface area (Å²) in [5.74, 6) is 0. The number of alkyl halides is 3. The Morgan fingerprint density at radius 1 is 1.46 bits per heavy atom. The van der Waals surface area contributed by atoms with Crippen LogP contribution in [-0.4, -0.2) is 18.9 Å². The molecule has 0 atom stereocenters. The zero-order chi connectivity index (χ0) is 10.3. The Labute approximate surface area is 74.0 Å². The fourth-order valence-corrected chi connectivity index (χ4v) is 0.609. The Morgan fingerprint density at radius 2 is 2.08 bits per heavy atom. The number of hydrogen-bond donors (Lipinski definition) is 2. The monoisotopic (exact) mass is 196 g/mol. The van der Waals surface area contributed by atoms with Gasteiger partial charge in [0.15, 0.2) is 0 Å². The SMILES string of the molecule is CC=CCCNC(=O)NC(F)(F)F. The van der Waals surface area contributed by atoms with Gasteiger partial charge in [0.05, 0.1) is 0 Å². The first kappa shape index (κ1) is 11.8. The van der Waals surface area contributed by atoms with E-state index in [1.165, 1.54) is 0 Å². The second kappa shape index (κ2) is 5.45. The summed E-state index contributed by atoms with van der Waals surface area (Å²) in [6, 6.07) is -1.22. The highest BCUT2D eigenvalue weighted by atomic mass is 19.4. The lowest BCUT2D eigenvalue weighted by Gasteiger charge is -2.08. The number of amides is 2. The standard InChI is InChI=1S/C7H11F3N2O/c1-2-3-4-5-11-6(13)12-7(8,9)10/h2-3H,4-5H2,1H3,(H2,11,12,13). The molecule has 0 aliphatic carbocycles. The highest BCUT2D eigenvalue weighted by Crippen LogP contribution is 2.08. The van der Waals surface area contributed by atoms with Crippen molar-refractivity contribution in [3.63, 3.8) is 0 Å². The van der Waals surface area contributed by atoms with Crippen LogP contribution in [0.4, 0.5) is 18.0 Å². The second-order valence-corrected chi connectivity index (χ2v) is 2.24. The minimum Gasteiger partial charge on any atom is -0.338 e. The molecule has 3 nitrogen and oxygen atoms in total. The molecule has 0 rings (SSSR count). The molecule has 0 aliphatic rings. The Bertz CT molecular complexity index is 189. The molecule has 0 bridgehead atoms. The maximum Gasteiger partial charge on any atom is 0.485 e. The summed E-state index contributed by atoms with van der Waals surface area (Å²) in [7, 11) is 0. The van der Waals surface area contributed by atoms with Crippen LogP contribution < -0.4 is 10.6 Å².